The van der Waals surface area contributed by atoms with Gasteiger partial charge in [0, 0.05) is 12.0 Å². The molecule has 2 amide bonds. The van der Waals surface area contributed by atoms with Gasteiger partial charge in [-0.1, -0.05) is 31.5 Å². The van der Waals surface area contributed by atoms with Crippen LogP contribution in [0.4, 0.5) is 0 Å². The fraction of sp³-hybridized carbons (Fsp3) is 0.438. The van der Waals surface area contributed by atoms with Crippen molar-refractivity contribution in [2.75, 3.05) is 6.54 Å². The van der Waals surface area contributed by atoms with E-state index in [-0.39, 0.29) is 30.6 Å². The summed E-state index contributed by atoms with van der Waals surface area (Å²) in [6.07, 6.45) is 0.173. The SMILES string of the molecule is Cc1ccc(C)c(C(=O)CN2C(=O)CC(C)(C)C2=O)c1. The second kappa shape index (κ2) is 4.85. The Kier molecular flexibility index (Phi) is 3.50. The van der Waals surface area contributed by atoms with Gasteiger partial charge in [0.1, 0.15) is 0 Å². The second-order valence-corrected chi connectivity index (χ2v) is 6.09. The van der Waals surface area contributed by atoms with Crippen LogP contribution >= 0.6 is 0 Å². The summed E-state index contributed by atoms with van der Waals surface area (Å²) in [5, 5.41) is 0. The summed E-state index contributed by atoms with van der Waals surface area (Å²) in [5.41, 5.74) is 1.73. The van der Waals surface area contributed by atoms with E-state index in [1.54, 1.807) is 19.9 Å². The molecule has 1 heterocycles. The number of aryl methyl sites for hydroxylation is 2. The van der Waals surface area contributed by atoms with E-state index in [4.69, 9.17) is 0 Å². The smallest absolute Gasteiger partial charge is 0.235 e. The number of hydrogen-bond donors (Lipinski definition) is 0. The number of rotatable bonds is 3. The molecule has 0 N–H and O–H groups in total. The Labute approximate surface area is 118 Å². The van der Waals surface area contributed by atoms with Crippen LogP contribution < -0.4 is 0 Å². The van der Waals surface area contributed by atoms with Crippen molar-refractivity contribution in [3.8, 4) is 0 Å². The van der Waals surface area contributed by atoms with E-state index >= 15 is 0 Å². The first-order chi connectivity index (χ1) is 9.22. The molecule has 1 saturated heterocycles. The molecule has 0 aromatic heterocycles. The molecular weight excluding hydrogens is 254 g/mol. The van der Waals surface area contributed by atoms with Crippen LogP contribution in [-0.4, -0.2) is 29.0 Å². The lowest BCUT2D eigenvalue weighted by molar-refractivity contribution is -0.140. The maximum Gasteiger partial charge on any atom is 0.235 e. The molecule has 0 unspecified atom stereocenters. The predicted octanol–water partition coefficient (Wildman–Crippen LogP) is 2.27. The summed E-state index contributed by atoms with van der Waals surface area (Å²) in [6.45, 7) is 7.06. The Balaban J connectivity index is 2.22. The number of nitrogens with zero attached hydrogens (tertiary/aromatic N) is 1. The Hall–Kier alpha value is -1.97. The minimum atomic E-state index is -0.695. The Bertz CT molecular complexity index is 602. The molecule has 4 heteroatoms. The van der Waals surface area contributed by atoms with E-state index in [1.165, 1.54) is 0 Å². The number of ketones is 1. The lowest BCUT2D eigenvalue weighted by Crippen LogP contribution is -2.37. The molecule has 2 rings (SSSR count). The molecular formula is C16H19NO3. The number of amides is 2. The van der Waals surface area contributed by atoms with Crippen LogP contribution in [0.3, 0.4) is 0 Å². The molecule has 0 spiro atoms. The van der Waals surface area contributed by atoms with E-state index in [1.807, 2.05) is 26.0 Å². The number of carbonyl (C=O) groups is 3. The van der Waals surface area contributed by atoms with Crippen LogP contribution in [0.1, 0.15) is 41.8 Å². The van der Waals surface area contributed by atoms with E-state index in [2.05, 4.69) is 0 Å². The van der Waals surface area contributed by atoms with Gasteiger partial charge in [0.15, 0.2) is 5.78 Å². The molecule has 106 valence electrons. The Morgan fingerprint density at radius 3 is 2.45 bits per heavy atom. The Morgan fingerprint density at radius 1 is 1.25 bits per heavy atom. The summed E-state index contributed by atoms with van der Waals surface area (Å²) in [6, 6.07) is 5.61. The van der Waals surface area contributed by atoms with Crippen LogP contribution in [-0.2, 0) is 9.59 Å². The van der Waals surface area contributed by atoms with E-state index in [0.717, 1.165) is 16.0 Å². The molecule has 0 radical (unpaired) electrons. The summed E-state index contributed by atoms with van der Waals surface area (Å²) >= 11 is 0. The molecule has 4 nitrogen and oxygen atoms in total. The maximum absolute atomic E-state index is 12.3. The van der Waals surface area contributed by atoms with Crippen molar-refractivity contribution in [2.45, 2.75) is 34.1 Å². The zero-order valence-electron chi connectivity index (χ0n) is 12.3. The van der Waals surface area contributed by atoms with Crippen molar-refractivity contribution in [2.24, 2.45) is 5.41 Å². The van der Waals surface area contributed by atoms with Crippen LogP contribution in [0.2, 0.25) is 0 Å². The number of benzene rings is 1. The van der Waals surface area contributed by atoms with Gasteiger partial charge in [-0.05, 0) is 25.5 Å². The lowest BCUT2D eigenvalue weighted by atomic mass is 9.92. The van der Waals surface area contributed by atoms with Crippen molar-refractivity contribution in [3.05, 3.63) is 34.9 Å². The summed E-state index contributed by atoms with van der Waals surface area (Å²) in [7, 11) is 0. The third-order valence-corrected chi connectivity index (χ3v) is 3.71. The van der Waals surface area contributed by atoms with Gasteiger partial charge in [-0.2, -0.15) is 0 Å². The van der Waals surface area contributed by atoms with Gasteiger partial charge in [0.2, 0.25) is 11.8 Å². The normalized spacial score (nSPS) is 17.7. The highest BCUT2D eigenvalue weighted by Crippen LogP contribution is 2.31. The third-order valence-electron chi connectivity index (χ3n) is 3.71. The minimum Gasteiger partial charge on any atom is -0.292 e. The maximum atomic E-state index is 12.3. The average molecular weight is 273 g/mol. The first-order valence-corrected chi connectivity index (χ1v) is 6.67. The zero-order valence-corrected chi connectivity index (χ0v) is 12.3. The lowest BCUT2D eigenvalue weighted by Gasteiger charge is -2.17. The molecule has 0 atom stereocenters. The van der Waals surface area contributed by atoms with Gasteiger partial charge in [-0.3, -0.25) is 19.3 Å². The molecule has 1 aromatic rings. The van der Waals surface area contributed by atoms with Crippen LogP contribution in [0, 0.1) is 19.3 Å². The van der Waals surface area contributed by atoms with Crippen LogP contribution in [0.5, 0.6) is 0 Å². The first-order valence-electron chi connectivity index (χ1n) is 6.67. The average Bonchev–Trinajstić information content (AvgIpc) is 2.54. The highest BCUT2D eigenvalue weighted by Gasteiger charge is 2.45. The zero-order chi connectivity index (χ0) is 15.1. The molecule has 1 aliphatic heterocycles. The Morgan fingerprint density at radius 2 is 1.90 bits per heavy atom. The minimum absolute atomic E-state index is 0.161. The quantitative estimate of drug-likeness (QED) is 0.627. The molecule has 20 heavy (non-hydrogen) atoms. The van der Waals surface area contributed by atoms with Crippen molar-refractivity contribution < 1.29 is 14.4 Å². The van der Waals surface area contributed by atoms with Gasteiger partial charge in [-0.25, -0.2) is 0 Å². The first kappa shape index (κ1) is 14.4. The van der Waals surface area contributed by atoms with Gasteiger partial charge < -0.3 is 0 Å². The topological polar surface area (TPSA) is 54.5 Å². The van der Waals surface area contributed by atoms with Gasteiger partial charge in [0.05, 0.1) is 12.0 Å². The molecule has 1 fully saturated rings. The number of likely N-dealkylation sites (tertiary alicyclic amines) is 1. The fourth-order valence-corrected chi connectivity index (χ4v) is 2.45. The van der Waals surface area contributed by atoms with Crippen LogP contribution in [0.15, 0.2) is 18.2 Å². The van der Waals surface area contributed by atoms with Crippen molar-refractivity contribution in [3.63, 3.8) is 0 Å². The van der Waals surface area contributed by atoms with E-state index < -0.39 is 5.41 Å². The fourth-order valence-electron chi connectivity index (χ4n) is 2.45. The van der Waals surface area contributed by atoms with E-state index in [9.17, 15) is 14.4 Å². The largest absolute Gasteiger partial charge is 0.292 e. The predicted molar refractivity (Wildman–Crippen MR) is 75.4 cm³/mol. The standard InChI is InChI=1S/C16H19NO3/c1-10-5-6-11(2)12(7-10)13(18)9-17-14(19)8-16(3,4)15(17)20/h5-7H,8-9H2,1-4H3. The number of imide groups is 1. The van der Waals surface area contributed by atoms with Crippen molar-refractivity contribution in [1.29, 1.82) is 0 Å². The summed E-state index contributed by atoms with van der Waals surface area (Å²) in [5.74, 6) is -0.717. The number of Topliss-reactive ketones (excluding diaryl/α,β-unsaturated/α-hetero) is 1. The van der Waals surface area contributed by atoms with Crippen LogP contribution in [0.25, 0.3) is 0 Å². The molecule has 0 bridgehead atoms. The highest BCUT2D eigenvalue weighted by atomic mass is 16.2. The van der Waals surface area contributed by atoms with Gasteiger partial charge in [0.25, 0.3) is 0 Å². The van der Waals surface area contributed by atoms with Crippen molar-refractivity contribution >= 4 is 17.6 Å². The molecule has 0 saturated carbocycles. The highest BCUT2D eigenvalue weighted by molar-refractivity contribution is 6.10. The molecule has 1 aromatic carbocycles. The summed E-state index contributed by atoms with van der Waals surface area (Å²) in [4.78, 5) is 37.4. The van der Waals surface area contributed by atoms with Gasteiger partial charge >= 0.3 is 0 Å². The second-order valence-electron chi connectivity index (χ2n) is 6.09. The monoisotopic (exact) mass is 273 g/mol. The van der Waals surface area contributed by atoms with Gasteiger partial charge in [-0.15, -0.1) is 0 Å². The molecule has 0 aliphatic carbocycles. The number of hydrogen-bond acceptors (Lipinski definition) is 3. The number of carbonyl (C=O) groups excluding carboxylic acids is 3. The summed E-state index contributed by atoms with van der Waals surface area (Å²) < 4.78 is 0. The molecule has 1 aliphatic rings. The van der Waals surface area contributed by atoms with Crippen molar-refractivity contribution in [1.82, 2.24) is 4.90 Å². The van der Waals surface area contributed by atoms with E-state index in [0.29, 0.717) is 5.56 Å². The third kappa shape index (κ3) is 2.50.